The first-order valence-electron chi connectivity index (χ1n) is 14.2. The van der Waals surface area contributed by atoms with Gasteiger partial charge < -0.3 is 9.88 Å². The number of benzene rings is 2. The van der Waals surface area contributed by atoms with Crippen LogP contribution < -0.4 is 16.6 Å². The smallest absolute Gasteiger partial charge is 0.318 e. The van der Waals surface area contributed by atoms with E-state index in [-0.39, 0.29) is 11.2 Å². The van der Waals surface area contributed by atoms with E-state index in [1.165, 1.54) is 30.3 Å². The van der Waals surface area contributed by atoms with E-state index >= 15 is 0 Å². The topological polar surface area (TPSA) is 73.8 Å². The number of aromatic nitrogens is 4. The first-order chi connectivity index (χ1) is 18.7. The number of hydrogen-bond acceptors (Lipinski definition) is 4. The van der Waals surface area contributed by atoms with Crippen molar-refractivity contribution in [2.45, 2.75) is 71.5 Å². The number of rotatable bonds is 9. The van der Waals surface area contributed by atoms with Gasteiger partial charge in [0.1, 0.15) is 5.82 Å². The lowest BCUT2D eigenvalue weighted by molar-refractivity contribution is 0.363. The van der Waals surface area contributed by atoms with Crippen molar-refractivity contribution in [2.24, 2.45) is 5.92 Å². The summed E-state index contributed by atoms with van der Waals surface area (Å²) in [4.78, 5) is 32.5. The number of nitrogens with one attached hydrogen (secondary N) is 1. The quantitative estimate of drug-likeness (QED) is 0.356. The number of fused-ring (bicyclic) bond motifs is 1. The molecule has 3 heterocycles. The summed E-state index contributed by atoms with van der Waals surface area (Å²) >= 11 is 0. The van der Waals surface area contributed by atoms with Crippen LogP contribution in [0.5, 0.6) is 0 Å². The van der Waals surface area contributed by atoms with Gasteiger partial charge in [-0.15, -0.1) is 0 Å². The van der Waals surface area contributed by atoms with Gasteiger partial charge in [0.2, 0.25) is 0 Å². The third-order valence-corrected chi connectivity index (χ3v) is 7.72. The summed E-state index contributed by atoms with van der Waals surface area (Å²) in [7, 11) is 0. The van der Waals surface area contributed by atoms with Crippen LogP contribution in [0.2, 0.25) is 0 Å². The Bertz CT molecular complexity index is 1450. The van der Waals surface area contributed by atoms with Gasteiger partial charge in [-0.05, 0) is 68.7 Å². The number of hydrogen-bond donors (Lipinski definition) is 1. The maximum atomic E-state index is 13.8. The van der Waals surface area contributed by atoms with Crippen LogP contribution in [-0.4, -0.2) is 31.8 Å². The monoisotopic (exact) mass is 513 g/mol. The van der Waals surface area contributed by atoms with E-state index in [1.54, 1.807) is 4.57 Å². The van der Waals surface area contributed by atoms with E-state index in [1.807, 2.05) is 55.5 Å². The molecule has 7 heteroatoms. The molecule has 7 nitrogen and oxygen atoms in total. The Balaban J connectivity index is 1.62. The van der Waals surface area contributed by atoms with Gasteiger partial charge in [-0.25, -0.2) is 9.78 Å². The van der Waals surface area contributed by atoms with Gasteiger partial charge in [0, 0.05) is 19.5 Å². The minimum absolute atomic E-state index is 0.233. The Hall–Kier alpha value is -3.45. The molecular weight excluding hydrogens is 474 g/mol. The molecule has 0 spiro atoms. The molecule has 0 bridgehead atoms. The molecule has 1 aliphatic heterocycles. The summed E-state index contributed by atoms with van der Waals surface area (Å²) in [6, 6.07) is 20.2. The average molecular weight is 514 g/mol. The first-order valence-corrected chi connectivity index (χ1v) is 14.2. The van der Waals surface area contributed by atoms with E-state index in [0.717, 1.165) is 42.9 Å². The molecule has 5 rings (SSSR count). The lowest BCUT2D eigenvalue weighted by Gasteiger charge is -2.20. The molecule has 200 valence electrons. The van der Waals surface area contributed by atoms with Crippen LogP contribution in [-0.2, 0) is 26.1 Å². The molecule has 0 unspecified atom stereocenters. The van der Waals surface area contributed by atoms with E-state index < -0.39 is 0 Å². The Morgan fingerprint density at radius 2 is 1.45 bits per heavy atom. The van der Waals surface area contributed by atoms with Gasteiger partial charge in [0.05, 0.1) is 6.54 Å². The zero-order valence-corrected chi connectivity index (χ0v) is 22.4. The van der Waals surface area contributed by atoms with Crippen molar-refractivity contribution in [3.05, 3.63) is 98.5 Å². The Morgan fingerprint density at radius 3 is 2.05 bits per heavy atom. The van der Waals surface area contributed by atoms with Crippen molar-refractivity contribution in [3.63, 3.8) is 0 Å². The lowest BCUT2D eigenvalue weighted by atomic mass is 9.91. The minimum atomic E-state index is -0.281. The average Bonchev–Trinajstić information content (AvgIpc) is 3.27. The van der Waals surface area contributed by atoms with Gasteiger partial charge in [-0.1, -0.05) is 67.6 Å². The summed E-state index contributed by atoms with van der Waals surface area (Å²) < 4.78 is 5.19. The van der Waals surface area contributed by atoms with Crippen LogP contribution >= 0.6 is 0 Å². The highest BCUT2D eigenvalue weighted by atomic mass is 16.2. The highest BCUT2D eigenvalue weighted by Gasteiger charge is 2.23. The Kier molecular flexibility index (Phi) is 8.54. The van der Waals surface area contributed by atoms with Gasteiger partial charge in [0.25, 0.3) is 5.56 Å². The normalized spacial score (nSPS) is 15.0. The van der Waals surface area contributed by atoms with Crippen LogP contribution in [0.4, 0.5) is 0 Å². The molecular formula is C31H39N5O2. The maximum Gasteiger partial charge on any atom is 0.333 e. The molecule has 1 N–H and O–H groups in total. The molecule has 0 aliphatic carbocycles. The summed E-state index contributed by atoms with van der Waals surface area (Å²) in [6.07, 6.45) is 7.38. The zero-order chi connectivity index (χ0) is 26.3. The SMILES string of the molecule is CCCn1c(=O)c2c(nc(CCC3CCCNCCC3)n2Cc2ccccc2)n(Cc2ccccc2)c1=O. The van der Waals surface area contributed by atoms with Crippen LogP contribution in [0, 0.1) is 5.92 Å². The van der Waals surface area contributed by atoms with Crippen LogP contribution in [0.25, 0.3) is 11.2 Å². The second kappa shape index (κ2) is 12.4. The molecule has 0 radical (unpaired) electrons. The van der Waals surface area contributed by atoms with Crippen LogP contribution in [0.15, 0.2) is 70.3 Å². The molecule has 2 aromatic carbocycles. The molecule has 38 heavy (non-hydrogen) atoms. The summed E-state index contributed by atoms with van der Waals surface area (Å²) in [5.41, 5.74) is 2.66. The summed E-state index contributed by atoms with van der Waals surface area (Å²) in [5.74, 6) is 1.56. The summed E-state index contributed by atoms with van der Waals surface area (Å²) in [6.45, 7) is 5.51. The van der Waals surface area contributed by atoms with Crippen molar-refractivity contribution in [3.8, 4) is 0 Å². The number of imidazole rings is 1. The van der Waals surface area contributed by atoms with E-state index in [2.05, 4.69) is 22.0 Å². The van der Waals surface area contributed by atoms with E-state index in [4.69, 9.17) is 4.98 Å². The standard InChI is InChI=1S/C31H39N5O2/c1-2-21-34-30(37)28-29(36(31(34)38)23-26-13-7-4-8-14-26)33-27(35(28)22-25-11-5-3-6-12-25)18-17-24-15-9-19-32-20-10-16-24/h3-8,11-14,24,32H,2,9-10,15-23H2,1H3. The third-order valence-electron chi connectivity index (χ3n) is 7.72. The third kappa shape index (κ3) is 5.83. The molecule has 1 fully saturated rings. The molecule has 2 aromatic heterocycles. The molecule has 4 aromatic rings. The predicted octanol–water partition coefficient (Wildman–Crippen LogP) is 4.58. The van der Waals surface area contributed by atoms with Crippen molar-refractivity contribution in [1.82, 2.24) is 24.0 Å². The van der Waals surface area contributed by atoms with Crippen molar-refractivity contribution >= 4 is 11.2 Å². The van der Waals surface area contributed by atoms with Gasteiger partial charge in [0.15, 0.2) is 11.2 Å². The largest absolute Gasteiger partial charge is 0.333 e. The highest BCUT2D eigenvalue weighted by molar-refractivity contribution is 5.71. The summed E-state index contributed by atoms with van der Waals surface area (Å²) in [5, 5.41) is 3.50. The van der Waals surface area contributed by atoms with Gasteiger partial charge in [-0.2, -0.15) is 0 Å². The number of aryl methyl sites for hydroxylation is 1. The lowest BCUT2D eigenvalue weighted by Crippen LogP contribution is -2.40. The van der Waals surface area contributed by atoms with Gasteiger partial charge in [-0.3, -0.25) is 13.9 Å². The molecule has 1 saturated heterocycles. The van der Waals surface area contributed by atoms with Crippen molar-refractivity contribution < 1.29 is 0 Å². The van der Waals surface area contributed by atoms with Crippen LogP contribution in [0.3, 0.4) is 0 Å². The van der Waals surface area contributed by atoms with E-state index in [9.17, 15) is 9.59 Å². The number of nitrogens with zero attached hydrogens (tertiary/aromatic N) is 4. The minimum Gasteiger partial charge on any atom is -0.318 e. The fraction of sp³-hybridized carbons (Fsp3) is 0.452. The fourth-order valence-electron chi connectivity index (χ4n) is 5.71. The second-order valence-corrected chi connectivity index (χ2v) is 10.5. The van der Waals surface area contributed by atoms with Gasteiger partial charge >= 0.3 is 5.69 Å². The molecule has 0 atom stereocenters. The molecule has 0 saturated carbocycles. The second-order valence-electron chi connectivity index (χ2n) is 10.5. The highest BCUT2D eigenvalue weighted by Crippen LogP contribution is 2.23. The fourth-order valence-corrected chi connectivity index (χ4v) is 5.71. The first kappa shape index (κ1) is 26.2. The maximum absolute atomic E-state index is 13.8. The van der Waals surface area contributed by atoms with Crippen molar-refractivity contribution in [1.29, 1.82) is 0 Å². The Labute approximate surface area is 224 Å². The van der Waals surface area contributed by atoms with Crippen molar-refractivity contribution in [2.75, 3.05) is 13.1 Å². The zero-order valence-electron chi connectivity index (χ0n) is 22.4. The molecule has 0 amide bonds. The van der Waals surface area contributed by atoms with Crippen LogP contribution in [0.1, 0.15) is 62.4 Å². The van der Waals surface area contributed by atoms with E-state index in [0.29, 0.717) is 43.1 Å². The predicted molar refractivity (Wildman–Crippen MR) is 153 cm³/mol. The molecule has 1 aliphatic rings. The Morgan fingerprint density at radius 1 is 0.842 bits per heavy atom.